The first-order chi connectivity index (χ1) is 8.22. The first-order valence-corrected chi connectivity index (χ1v) is 5.38. The number of rotatable bonds is 4. The molecule has 1 aromatic heterocycles. The minimum absolute atomic E-state index is 0.0379. The van der Waals surface area contributed by atoms with Crippen molar-refractivity contribution in [2.45, 2.75) is 6.42 Å². The largest absolute Gasteiger partial charge is 0.396 e. The number of hydrogen-bond donors (Lipinski definition) is 1. The molecule has 0 fully saturated rings. The van der Waals surface area contributed by atoms with Crippen molar-refractivity contribution in [3.05, 3.63) is 30.1 Å². The van der Waals surface area contributed by atoms with E-state index >= 15 is 0 Å². The van der Waals surface area contributed by atoms with Gasteiger partial charge in [-0.2, -0.15) is 4.68 Å². The molecule has 0 saturated heterocycles. The van der Waals surface area contributed by atoms with Gasteiger partial charge in [-0.15, -0.1) is 5.10 Å². The van der Waals surface area contributed by atoms with Gasteiger partial charge in [-0.05, 0) is 34.7 Å². The Morgan fingerprint density at radius 2 is 1.94 bits per heavy atom. The fourth-order valence-electron chi connectivity index (χ4n) is 1.55. The molecule has 0 radical (unpaired) electrons. The Morgan fingerprint density at radius 3 is 2.53 bits per heavy atom. The summed E-state index contributed by atoms with van der Waals surface area (Å²) in [6.45, 7) is 0.0379. The predicted molar refractivity (Wildman–Crippen MR) is 64.3 cm³/mol. The number of aliphatic hydroxyl groups excluding tert-OH is 1. The molecule has 0 atom stereocenters. The van der Waals surface area contributed by atoms with Crippen molar-refractivity contribution in [1.82, 2.24) is 20.2 Å². The van der Waals surface area contributed by atoms with Crippen LogP contribution in [0.4, 0.5) is 5.69 Å². The number of aliphatic hydroxyl groups is 1. The van der Waals surface area contributed by atoms with Crippen molar-refractivity contribution < 1.29 is 5.11 Å². The van der Waals surface area contributed by atoms with Gasteiger partial charge < -0.3 is 10.0 Å². The van der Waals surface area contributed by atoms with E-state index in [0.717, 1.165) is 11.4 Å². The summed E-state index contributed by atoms with van der Waals surface area (Å²) in [7, 11) is 3.98. The summed E-state index contributed by atoms with van der Waals surface area (Å²) in [5.41, 5.74) is 2.01. The number of benzene rings is 1. The third-order valence-corrected chi connectivity index (χ3v) is 2.48. The zero-order valence-electron chi connectivity index (χ0n) is 9.91. The predicted octanol–water partition coefficient (Wildman–Crippen LogP) is 0.263. The Hall–Kier alpha value is -1.95. The van der Waals surface area contributed by atoms with Crippen molar-refractivity contribution >= 4 is 5.69 Å². The monoisotopic (exact) mass is 233 g/mol. The van der Waals surface area contributed by atoms with Gasteiger partial charge in [0.2, 0.25) is 0 Å². The Morgan fingerprint density at radius 1 is 1.24 bits per heavy atom. The van der Waals surface area contributed by atoms with E-state index in [1.54, 1.807) is 4.68 Å². The maximum Gasteiger partial charge on any atom is 0.158 e. The molecule has 17 heavy (non-hydrogen) atoms. The van der Waals surface area contributed by atoms with E-state index in [4.69, 9.17) is 5.11 Å². The smallest absolute Gasteiger partial charge is 0.158 e. The van der Waals surface area contributed by atoms with Gasteiger partial charge in [0.1, 0.15) is 0 Å². The summed E-state index contributed by atoms with van der Waals surface area (Å²) in [6, 6.07) is 7.90. The van der Waals surface area contributed by atoms with Gasteiger partial charge in [0, 0.05) is 26.2 Å². The molecule has 1 N–H and O–H groups in total. The summed E-state index contributed by atoms with van der Waals surface area (Å²) in [5.74, 6) is 0.658. The van der Waals surface area contributed by atoms with Gasteiger partial charge in [-0.3, -0.25) is 0 Å². The fourth-order valence-corrected chi connectivity index (χ4v) is 1.55. The van der Waals surface area contributed by atoms with Crippen LogP contribution in [0.15, 0.2) is 24.3 Å². The molecule has 0 aliphatic heterocycles. The quantitative estimate of drug-likeness (QED) is 0.820. The molecular weight excluding hydrogens is 218 g/mol. The average Bonchev–Trinajstić information content (AvgIpc) is 2.78. The van der Waals surface area contributed by atoms with Crippen LogP contribution in [-0.4, -0.2) is 46.0 Å². The van der Waals surface area contributed by atoms with E-state index in [-0.39, 0.29) is 6.61 Å². The summed E-state index contributed by atoms with van der Waals surface area (Å²) in [5, 5.41) is 20.3. The highest BCUT2D eigenvalue weighted by Crippen LogP contribution is 2.15. The van der Waals surface area contributed by atoms with Crippen LogP contribution >= 0.6 is 0 Å². The third-order valence-electron chi connectivity index (χ3n) is 2.48. The number of nitrogens with zero attached hydrogens (tertiary/aromatic N) is 5. The average molecular weight is 233 g/mol. The van der Waals surface area contributed by atoms with E-state index in [2.05, 4.69) is 15.5 Å². The van der Waals surface area contributed by atoms with Gasteiger partial charge in [0.25, 0.3) is 0 Å². The Bertz CT molecular complexity index is 477. The van der Waals surface area contributed by atoms with Gasteiger partial charge in [-0.1, -0.05) is 0 Å². The second-order valence-corrected chi connectivity index (χ2v) is 3.89. The lowest BCUT2D eigenvalue weighted by Crippen LogP contribution is -2.09. The molecule has 0 bridgehead atoms. The Balaban J connectivity index is 2.30. The number of aromatic nitrogens is 4. The van der Waals surface area contributed by atoms with Gasteiger partial charge in [-0.25, -0.2) is 0 Å². The van der Waals surface area contributed by atoms with Crippen molar-refractivity contribution in [2.75, 3.05) is 25.6 Å². The Kier molecular flexibility index (Phi) is 3.34. The second-order valence-electron chi connectivity index (χ2n) is 3.89. The van der Waals surface area contributed by atoms with Crippen LogP contribution in [0.25, 0.3) is 5.69 Å². The fraction of sp³-hybridized carbons (Fsp3) is 0.364. The van der Waals surface area contributed by atoms with Crippen LogP contribution in [-0.2, 0) is 6.42 Å². The van der Waals surface area contributed by atoms with E-state index in [1.807, 2.05) is 43.3 Å². The minimum atomic E-state index is 0.0379. The number of hydrogen-bond acceptors (Lipinski definition) is 5. The molecular formula is C11H15N5O. The van der Waals surface area contributed by atoms with Crippen LogP contribution < -0.4 is 4.90 Å². The summed E-state index contributed by atoms with van der Waals surface area (Å²) in [4.78, 5) is 2.03. The van der Waals surface area contributed by atoms with Crippen LogP contribution in [0.2, 0.25) is 0 Å². The van der Waals surface area contributed by atoms with Gasteiger partial charge in [0.15, 0.2) is 5.82 Å². The second kappa shape index (κ2) is 4.92. The molecule has 0 spiro atoms. The summed E-state index contributed by atoms with van der Waals surface area (Å²) in [6.07, 6.45) is 0.447. The molecule has 1 aromatic carbocycles. The van der Waals surface area contributed by atoms with E-state index in [1.165, 1.54) is 0 Å². The van der Waals surface area contributed by atoms with Crippen LogP contribution in [0, 0.1) is 0 Å². The molecule has 6 heteroatoms. The van der Waals surface area contributed by atoms with E-state index < -0.39 is 0 Å². The lowest BCUT2D eigenvalue weighted by atomic mass is 10.2. The van der Waals surface area contributed by atoms with E-state index in [0.29, 0.717) is 12.2 Å². The first-order valence-electron chi connectivity index (χ1n) is 5.38. The van der Waals surface area contributed by atoms with Gasteiger partial charge >= 0.3 is 0 Å². The molecule has 2 rings (SSSR count). The minimum Gasteiger partial charge on any atom is -0.396 e. The molecule has 0 unspecified atom stereocenters. The van der Waals surface area contributed by atoms with Crippen molar-refractivity contribution in [1.29, 1.82) is 0 Å². The molecule has 0 saturated carbocycles. The van der Waals surface area contributed by atoms with Gasteiger partial charge in [0.05, 0.1) is 12.3 Å². The number of anilines is 1. The zero-order valence-corrected chi connectivity index (χ0v) is 9.91. The lowest BCUT2D eigenvalue weighted by Gasteiger charge is -2.12. The SMILES string of the molecule is CN(C)c1ccc(-n2nnnc2CCO)cc1. The zero-order chi connectivity index (χ0) is 12.3. The normalized spacial score (nSPS) is 10.5. The number of tetrazole rings is 1. The summed E-state index contributed by atoms with van der Waals surface area (Å²) < 4.78 is 1.63. The van der Waals surface area contributed by atoms with Crippen LogP contribution in [0.1, 0.15) is 5.82 Å². The highest BCUT2D eigenvalue weighted by Gasteiger charge is 2.07. The van der Waals surface area contributed by atoms with Crippen LogP contribution in [0.5, 0.6) is 0 Å². The Labute approximate surface area is 99.5 Å². The third kappa shape index (κ3) is 2.42. The highest BCUT2D eigenvalue weighted by atomic mass is 16.3. The summed E-state index contributed by atoms with van der Waals surface area (Å²) >= 11 is 0. The standard InChI is InChI=1S/C11H15N5O/c1-15(2)9-3-5-10(6-4-9)16-11(7-8-17)12-13-14-16/h3-6,17H,7-8H2,1-2H3. The highest BCUT2D eigenvalue weighted by molar-refractivity contribution is 5.49. The molecule has 90 valence electrons. The maximum atomic E-state index is 8.91. The molecule has 0 aliphatic carbocycles. The first kappa shape index (κ1) is 11.5. The molecule has 6 nitrogen and oxygen atoms in total. The van der Waals surface area contributed by atoms with Crippen molar-refractivity contribution in [2.24, 2.45) is 0 Å². The lowest BCUT2D eigenvalue weighted by molar-refractivity contribution is 0.295. The van der Waals surface area contributed by atoms with E-state index in [9.17, 15) is 0 Å². The molecule has 2 aromatic rings. The van der Waals surface area contributed by atoms with Crippen LogP contribution in [0.3, 0.4) is 0 Å². The molecule has 0 aliphatic rings. The molecule has 0 amide bonds. The maximum absolute atomic E-state index is 8.91. The van der Waals surface area contributed by atoms with Crippen molar-refractivity contribution in [3.8, 4) is 5.69 Å². The van der Waals surface area contributed by atoms with Crippen molar-refractivity contribution in [3.63, 3.8) is 0 Å². The molecule has 1 heterocycles. The topological polar surface area (TPSA) is 67.1 Å².